The molecule has 2 aliphatic rings. The molecule has 1 atom stereocenters. The molecule has 2 N–H and O–H groups in total. The Morgan fingerprint density at radius 1 is 1.22 bits per heavy atom. The van der Waals surface area contributed by atoms with Crippen molar-refractivity contribution in [2.45, 2.75) is 57.2 Å². The van der Waals surface area contributed by atoms with Gasteiger partial charge in [0, 0.05) is 18.7 Å². The van der Waals surface area contributed by atoms with Gasteiger partial charge in [-0.15, -0.1) is 5.10 Å². The SMILES string of the molecule is C/C(=N\N=C1/NC(=O)C(CC(=O)NCc2ccccc2)S1)C1CCCCC1. The van der Waals surface area contributed by atoms with Crippen molar-refractivity contribution in [3.63, 3.8) is 0 Å². The van der Waals surface area contributed by atoms with E-state index in [1.54, 1.807) is 0 Å². The first-order valence-electron chi connectivity index (χ1n) is 9.52. The van der Waals surface area contributed by atoms with E-state index in [0.29, 0.717) is 17.6 Å². The molecule has 3 rings (SSSR count). The fourth-order valence-corrected chi connectivity index (χ4v) is 4.27. The van der Waals surface area contributed by atoms with Crippen LogP contribution in [-0.2, 0) is 16.1 Å². The third-order valence-electron chi connectivity index (χ3n) is 4.97. The Bertz CT molecular complexity index is 727. The van der Waals surface area contributed by atoms with E-state index in [1.165, 1.54) is 43.9 Å². The third-order valence-corrected chi connectivity index (χ3v) is 6.05. The van der Waals surface area contributed by atoms with Gasteiger partial charge < -0.3 is 10.6 Å². The third kappa shape index (κ3) is 5.92. The number of benzene rings is 1. The number of hydrogen-bond donors (Lipinski definition) is 2. The van der Waals surface area contributed by atoms with Gasteiger partial charge >= 0.3 is 0 Å². The first-order valence-corrected chi connectivity index (χ1v) is 10.4. The summed E-state index contributed by atoms with van der Waals surface area (Å²) in [6.07, 6.45) is 6.28. The maximum absolute atomic E-state index is 12.1. The molecule has 2 fully saturated rings. The van der Waals surface area contributed by atoms with Gasteiger partial charge in [0.05, 0.1) is 0 Å². The maximum Gasteiger partial charge on any atom is 0.240 e. The number of thioether (sulfide) groups is 1. The summed E-state index contributed by atoms with van der Waals surface area (Å²) in [5.74, 6) is 0.179. The normalized spacial score (nSPS) is 22.7. The van der Waals surface area contributed by atoms with Crippen LogP contribution in [0.15, 0.2) is 40.5 Å². The van der Waals surface area contributed by atoms with Crippen molar-refractivity contribution < 1.29 is 9.59 Å². The van der Waals surface area contributed by atoms with Gasteiger partial charge in [-0.2, -0.15) is 5.10 Å². The first-order chi connectivity index (χ1) is 13.1. The van der Waals surface area contributed by atoms with Crippen LogP contribution in [0.3, 0.4) is 0 Å². The van der Waals surface area contributed by atoms with Gasteiger partial charge in [0.2, 0.25) is 11.8 Å². The molecule has 2 amide bonds. The standard InChI is InChI=1S/C20H26N4O2S/c1-14(16-10-6-3-7-11-16)23-24-20-22-19(26)17(27-20)12-18(25)21-13-15-8-4-2-5-9-15/h2,4-5,8-9,16-17H,3,6-7,10-13H2,1H3,(H,21,25)(H,22,24,26)/b23-14+. The minimum atomic E-state index is -0.454. The first kappa shape index (κ1) is 19.6. The Morgan fingerprint density at radius 2 is 1.96 bits per heavy atom. The van der Waals surface area contributed by atoms with Gasteiger partial charge in [-0.25, -0.2) is 0 Å². The molecule has 1 saturated carbocycles. The highest BCUT2D eigenvalue weighted by molar-refractivity contribution is 8.15. The summed E-state index contributed by atoms with van der Waals surface area (Å²) in [6.45, 7) is 2.47. The number of amides is 2. The second kappa shape index (κ2) is 9.69. The monoisotopic (exact) mass is 386 g/mol. The minimum Gasteiger partial charge on any atom is -0.352 e. The Hall–Kier alpha value is -2.15. The number of carbonyl (C=O) groups excluding carboxylic acids is 2. The van der Waals surface area contributed by atoms with Crippen LogP contribution in [0.5, 0.6) is 0 Å². The number of nitrogens with one attached hydrogen (secondary N) is 2. The summed E-state index contributed by atoms with van der Waals surface area (Å²) in [4.78, 5) is 24.2. The van der Waals surface area contributed by atoms with E-state index in [-0.39, 0.29) is 18.2 Å². The van der Waals surface area contributed by atoms with Crippen LogP contribution >= 0.6 is 11.8 Å². The molecule has 27 heavy (non-hydrogen) atoms. The Morgan fingerprint density at radius 3 is 2.70 bits per heavy atom. The quantitative estimate of drug-likeness (QED) is 0.582. The van der Waals surface area contributed by atoms with Crippen LogP contribution in [0.4, 0.5) is 0 Å². The van der Waals surface area contributed by atoms with E-state index in [4.69, 9.17) is 0 Å². The van der Waals surface area contributed by atoms with Crippen molar-refractivity contribution >= 4 is 34.5 Å². The summed E-state index contributed by atoms with van der Waals surface area (Å²) in [7, 11) is 0. The van der Waals surface area contributed by atoms with Crippen LogP contribution in [0.2, 0.25) is 0 Å². The van der Waals surface area contributed by atoms with E-state index in [9.17, 15) is 9.59 Å². The lowest BCUT2D eigenvalue weighted by Gasteiger charge is -2.20. The summed E-state index contributed by atoms with van der Waals surface area (Å²) >= 11 is 1.28. The smallest absolute Gasteiger partial charge is 0.240 e. The zero-order valence-corrected chi connectivity index (χ0v) is 16.4. The maximum atomic E-state index is 12.1. The van der Waals surface area contributed by atoms with Gasteiger partial charge in [-0.3, -0.25) is 9.59 Å². The molecule has 144 valence electrons. The highest BCUT2D eigenvalue weighted by Crippen LogP contribution is 2.26. The molecule has 6 nitrogen and oxygen atoms in total. The predicted octanol–water partition coefficient (Wildman–Crippen LogP) is 3.24. The molecule has 1 aromatic carbocycles. The van der Waals surface area contributed by atoms with Crippen molar-refractivity contribution in [1.29, 1.82) is 0 Å². The second-order valence-corrected chi connectivity index (χ2v) is 8.24. The minimum absolute atomic E-state index is 0.133. The molecule has 1 unspecified atom stereocenters. The number of carbonyl (C=O) groups is 2. The van der Waals surface area contributed by atoms with Crippen LogP contribution < -0.4 is 10.6 Å². The van der Waals surface area contributed by atoms with Gasteiger partial charge in [-0.05, 0) is 31.2 Å². The topological polar surface area (TPSA) is 82.9 Å². The predicted molar refractivity (Wildman–Crippen MR) is 110 cm³/mol. The molecule has 0 radical (unpaired) electrons. The van der Waals surface area contributed by atoms with Gasteiger partial charge in [-0.1, -0.05) is 61.4 Å². The van der Waals surface area contributed by atoms with Crippen molar-refractivity contribution in [1.82, 2.24) is 10.6 Å². The Labute approximate surface area is 164 Å². The highest BCUT2D eigenvalue weighted by Gasteiger charge is 2.32. The lowest BCUT2D eigenvalue weighted by Crippen LogP contribution is -2.31. The van der Waals surface area contributed by atoms with Crippen LogP contribution in [-0.4, -0.2) is 27.9 Å². The van der Waals surface area contributed by atoms with Crippen molar-refractivity contribution in [3.05, 3.63) is 35.9 Å². The van der Waals surface area contributed by atoms with Crippen LogP contribution in [0.1, 0.15) is 51.0 Å². The number of hydrogen-bond acceptors (Lipinski definition) is 5. The molecule has 1 aromatic rings. The van der Waals surface area contributed by atoms with Gasteiger partial charge in [0.25, 0.3) is 0 Å². The molecular formula is C20H26N4O2S. The summed E-state index contributed by atoms with van der Waals surface area (Å²) < 4.78 is 0. The van der Waals surface area contributed by atoms with Gasteiger partial charge in [0.1, 0.15) is 5.25 Å². The molecule has 0 bridgehead atoms. The lowest BCUT2D eigenvalue weighted by molar-refractivity contribution is -0.125. The average molecular weight is 387 g/mol. The van der Waals surface area contributed by atoms with Crippen molar-refractivity contribution in [3.8, 4) is 0 Å². The van der Waals surface area contributed by atoms with E-state index < -0.39 is 5.25 Å². The van der Waals surface area contributed by atoms with Gasteiger partial charge in [0.15, 0.2) is 5.17 Å². The average Bonchev–Trinajstić information content (AvgIpc) is 3.05. The zero-order chi connectivity index (χ0) is 19.1. The fourth-order valence-electron chi connectivity index (χ4n) is 3.35. The largest absolute Gasteiger partial charge is 0.352 e. The number of rotatable bonds is 6. The van der Waals surface area contributed by atoms with E-state index in [1.807, 2.05) is 37.3 Å². The Kier molecular flexibility index (Phi) is 7.04. The summed E-state index contributed by atoms with van der Waals surface area (Å²) in [5, 5.41) is 14.1. The molecule has 0 spiro atoms. The van der Waals surface area contributed by atoms with Crippen LogP contribution in [0.25, 0.3) is 0 Å². The Balaban J connectivity index is 1.48. The summed E-state index contributed by atoms with van der Waals surface area (Å²) in [5.41, 5.74) is 2.06. The number of nitrogens with zero attached hydrogens (tertiary/aromatic N) is 2. The second-order valence-electron chi connectivity index (χ2n) is 7.04. The number of amidine groups is 1. The molecular weight excluding hydrogens is 360 g/mol. The molecule has 1 aliphatic heterocycles. The molecule has 1 saturated heterocycles. The molecule has 1 heterocycles. The van der Waals surface area contributed by atoms with E-state index >= 15 is 0 Å². The highest BCUT2D eigenvalue weighted by atomic mass is 32.2. The zero-order valence-electron chi connectivity index (χ0n) is 15.6. The van der Waals surface area contributed by atoms with E-state index in [2.05, 4.69) is 20.8 Å². The lowest BCUT2D eigenvalue weighted by atomic mass is 9.86. The van der Waals surface area contributed by atoms with Crippen LogP contribution in [0, 0.1) is 5.92 Å². The summed E-state index contributed by atoms with van der Waals surface area (Å²) in [6, 6.07) is 9.70. The molecule has 7 heteroatoms. The van der Waals surface area contributed by atoms with Crippen molar-refractivity contribution in [2.24, 2.45) is 16.1 Å². The fraction of sp³-hybridized carbons (Fsp3) is 0.500. The molecule has 1 aliphatic carbocycles. The van der Waals surface area contributed by atoms with Crippen molar-refractivity contribution in [2.75, 3.05) is 0 Å². The van der Waals surface area contributed by atoms with E-state index in [0.717, 1.165) is 11.3 Å². The molecule has 0 aromatic heterocycles.